The normalized spacial score (nSPS) is 31.8. The van der Waals surface area contributed by atoms with E-state index in [9.17, 15) is 0 Å². The van der Waals surface area contributed by atoms with Gasteiger partial charge in [-0.3, -0.25) is 0 Å². The zero-order valence-corrected chi connectivity index (χ0v) is 13.3. The summed E-state index contributed by atoms with van der Waals surface area (Å²) in [6.07, 6.45) is 4.25. The van der Waals surface area contributed by atoms with Crippen LogP contribution in [0, 0.1) is 17.8 Å². The van der Waals surface area contributed by atoms with E-state index in [1.54, 1.807) is 0 Å². The van der Waals surface area contributed by atoms with Gasteiger partial charge in [-0.2, -0.15) is 0 Å². The van der Waals surface area contributed by atoms with Gasteiger partial charge in [0.1, 0.15) is 13.2 Å². The summed E-state index contributed by atoms with van der Waals surface area (Å²) >= 11 is 3.72. The van der Waals surface area contributed by atoms with E-state index in [-0.39, 0.29) is 0 Å². The van der Waals surface area contributed by atoms with Crippen molar-refractivity contribution in [2.45, 2.75) is 25.3 Å². The molecule has 1 aromatic carbocycles. The van der Waals surface area contributed by atoms with Crippen molar-refractivity contribution >= 4 is 15.9 Å². The molecule has 3 nitrogen and oxygen atoms in total. The number of halogens is 1. The highest BCUT2D eigenvalue weighted by Gasteiger charge is 2.56. The first-order valence-electron chi connectivity index (χ1n) is 7.56. The third-order valence-electron chi connectivity index (χ3n) is 5.17. The van der Waals surface area contributed by atoms with E-state index < -0.39 is 0 Å². The lowest BCUT2D eigenvalue weighted by molar-refractivity contribution is 0.171. The lowest BCUT2D eigenvalue weighted by Gasteiger charge is -2.24. The fourth-order valence-electron chi connectivity index (χ4n) is 4.24. The molecule has 20 heavy (non-hydrogen) atoms. The molecule has 1 aromatic rings. The van der Waals surface area contributed by atoms with E-state index in [0.29, 0.717) is 19.3 Å². The first-order chi connectivity index (χ1) is 9.79. The van der Waals surface area contributed by atoms with E-state index in [1.165, 1.54) is 24.8 Å². The first-order valence-corrected chi connectivity index (χ1v) is 8.35. The average molecular weight is 338 g/mol. The van der Waals surface area contributed by atoms with Crippen LogP contribution in [-0.2, 0) is 0 Å². The molecule has 0 radical (unpaired) electrons. The van der Waals surface area contributed by atoms with Crippen molar-refractivity contribution in [3.63, 3.8) is 0 Å². The van der Waals surface area contributed by atoms with Gasteiger partial charge in [0.2, 0.25) is 0 Å². The van der Waals surface area contributed by atoms with Gasteiger partial charge in [0.15, 0.2) is 11.5 Å². The van der Waals surface area contributed by atoms with Crippen molar-refractivity contribution in [3.8, 4) is 11.5 Å². The van der Waals surface area contributed by atoms with Gasteiger partial charge in [-0.1, -0.05) is 22.4 Å². The van der Waals surface area contributed by atoms with Gasteiger partial charge in [0.05, 0.1) is 0 Å². The van der Waals surface area contributed by atoms with Crippen LogP contribution in [0.15, 0.2) is 16.6 Å². The number of hydrogen-bond acceptors (Lipinski definition) is 3. The Bertz CT molecular complexity index is 523. The van der Waals surface area contributed by atoms with Crippen LogP contribution in [0.3, 0.4) is 0 Å². The summed E-state index contributed by atoms with van der Waals surface area (Å²) in [6.45, 7) is 1.29. The Labute approximate surface area is 128 Å². The summed E-state index contributed by atoms with van der Waals surface area (Å²) in [6, 6.07) is 4.65. The lowest BCUT2D eigenvalue weighted by atomic mass is 9.96. The third-order valence-corrected chi connectivity index (χ3v) is 5.85. The second-order valence-corrected chi connectivity index (χ2v) is 6.97. The Morgan fingerprint density at radius 3 is 2.45 bits per heavy atom. The molecule has 2 fully saturated rings. The van der Waals surface area contributed by atoms with Crippen LogP contribution in [0.5, 0.6) is 11.5 Å². The molecule has 0 spiro atoms. The van der Waals surface area contributed by atoms with Crippen LogP contribution in [0.25, 0.3) is 0 Å². The maximum atomic E-state index is 5.73. The second kappa shape index (κ2) is 4.92. The highest BCUT2D eigenvalue weighted by Crippen LogP contribution is 2.62. The monoisotopic (exact) mass is 337 g/mol. The molecule has 0 amide bonds. The summed E-state index contributed by atoms with van der Waals surface area (Å²) < 4.78 is 12.5. The third kappa shape index (κ3) is 1.96. The molecule has 4 rings (SSSR count). The van der Waals surface area contributed by atoms with Crippen molar-refractivity contribution in [1.82, 2.24) is 5.32 Å². The lowest BCUT2D eigenvalue weighted by Crippen LogP contribution is -2.22. The summed E-state index contributed by atoms with van der Waals surface area (Å²) in [5.41, 5.74) is 1.32. The molecule has 108 valence electrons. The van der Waals surface area contributed by atoms with Gasteiger partial charge >= 0.3 is 0 Å². The number of hydrogen-bond donors (Lipinski definition) is 1. The van der Waals surface area contributed by atoms with Gasteiger partial charge < -0.3 is 14.8 Å². The minimum absolute atomic E-state index is 0.426. The highest BCUT2D eigenvalue weighted by atomic mass is 79.9. The smallest absolute Gasteiger partial charge is 0.162 e. The van der Waals surface area contributed by atoms with Crippen LogP contribution in [0.4, 0.5) is 0 Å². The topological polar surface area (TPSA) is 30.5 Å². The maximum Gasteiger partial charge on any atom is 0.162 e. The van der Waals surface area contributed by atoms with E-state index >= 15 is 0 Å². The molecule has 3 aliphatic rings. The molecular formula is C16H20BrNO2. The molecule has 1 N–H and O–H groups in total. The van der Waals surface area contributed by atoms with Crippen LogP contribution in [0.2, 0.25) is 0 Å². The van der Waals surface area contributed by atoms with Gasteiger partial charge in [0.25, 0.3) is 0 Å². The van der Waals surface area contributed by atoms with Crippen LogP contribution in [0.1, 0.15) is 30.9 Å². The summed E-state index contributed by atoms with van der Waals surface area (Å²) in [5, 5.41) is 3.53. The number of rotatable bonds is 3. The van der Waals surface area contributed by atoms with E-state index in [4.69, 9.17) is 9.47 Å². The molecule has 2 saturated carbocycles. The highest BCUT2D eigenvalue weighted by molar-refractivity contribution is 9.10. The Kier molecular flexibility index (Phi) is 3.19. The van der Waals surface area contributed by atoms with Crippen molar-refractivity contribution in [3.05, 3.63) is 22.2 Å². The molecule has 0 bridgehead atoms. The van der Waals surface area contributed by atoms with Crippen molar-refractivity contribution in [2.24, 2.45) is 17.8 Å². The second-order valence-electron chi connectivity index (χ2n) is 6.12. The maximum absolute atomic E-state index is 5.73. The van der Waals surface area contributed by atoms with Gasteiger partial charge in [0, 0.05) is 10.5 Å². The molecule has 4 heteroatoms. The molecule has 0 aromatic heterocycles. The number of ether oxygens (including phenoxy) is 2. The van der Waals surface area contributed by atoms with E-state index in [1.807, 2.05) is 0 Å². The SMILES string of the molecule is CNC(c1cc2c(cc1Br)OCCO2)C1C2CCCC21. The summed E-state index contributed by atoms with van der Waals surface area (Å²) in [7, 11) is 2.07. The van der Waals surface area contributed by atoms with Crippen molar-refractivity contribution in [2.75, 3.05) is 20.3 Å². The minimum Gasteiger partial charge on any atom is -0.486 e. The van der Waals surface area contributed by atoms with E-state index in [0.717, 1.165) is 33.7 Å². The quantitative estimate of drug-likeness (QED) is 0.915. The summed E-state index contributed by atoms with van der Waals surface area (Å²) in [5.74, 6) is 4.42. The molecule has 2 aliphatic carbocycles. The molecule has 1 aliphatic heterocycles. The fraction of sp³-hybridized carbons (Fsp3) is 0.625. The van der Waals surface area contributed by atoms with Crippen LogP contribution >= 0.6 is 15.9 Å². The van der Waals surface area contributed by atoms with Crippen molar-refractivity contribution in [1.29, 1.82) is 0 Å². The molecule has 3 unspecified atom stereocenters. The Morgan fingerprint density at radius 1 is 1.15 bits per heavy atom. The summed E-state index contributed by atoms with van der Waals surface area (Å²) in [4.78, 5) is 0. The Morgan fingerprint density at radius 2 is 1.80 bits per heavy atom. The Balaban J connectivity index is 1.66. The number of nitrogens with one attached hydrogen (secondary N) is 1. The predicted octanol–water partition coefficient (Wildman–Crippen LogP) is 3.53. The largest absolute Gasteiger partial charge is 0.486 e. The van der Waals surface area contributed by atoms with Crippen LogP contribution in [-0.4, -0.2) is 20.3 Å². The van der Waals surface area contributed by atoms with E-state index in [2.05, 4.69) is 40.4 Å². The molecule has 0 saturated heterocycles. The Hall–Kier alpha value is -0.740. The standard InChI is InChI=1S/C16H20BrNO2/c1-18-16(15-9-3-2-4-10(9)15)11-7-13-14(8-12(11)17)20-6-5-19-13/h7-10,15-16,18H,2-6H2,1H3. The molecular weight excluding hydrogens is 318 g/mol. The minimum atomic E-state index is 0.426. The zero-order chi connectivity index (χ0) is 13.7. The van der Waals surface area contributed by atoms with Crippen molar-refractivity contribution < 1.29 is 9.47 Å². The number of benzene rings is 1. The van der Waals surface area contributed by atoms with Gasteiger partial charge in [-0.15, -0.1) is 0 Å². The van der Waals surface area contributed by atoms with Gasteiger partial charge in [-0.05, 0) is 55.3 Å². The molecule has 1 heterocycles. The zero-order valence-electron chi connectivity index (χ0n) is 11.7. The van der Waals surface area contributed by atoms with Crippen LogP contribution < -0.4 is 14.8 Å². The fourth-order valence-corrected chi connectivity index (χ4v) is 4.81. The molecule has 3 atom stereocenters. The first kappa shape index (κ1) is 13.0. The predicted molar refractivity (Wildman–Crippen MR) is 81.3 cm³/mol. The van der Waals surface area contributed by atoms with Gasteiger partial charge in [-0.25, -0.2) is 0 Å². The average Bonchev–Trinajstić information content (AvgIpc) is 2.93. The number of fused-ring (bicyclic) bond motifs is 2.